The van der Waals surface area contributed by atoms with E-state index in [1.807, 2.05) is 6.92 Å². The van der Waals surface area contributed by atoms with E-state index in [-0.39, 0.29) is 30.7 Å². The maximum atomic E-state index is 12.6. The molecule has 0 spiro atoms. The molecule has 2 N–H and O–H groups in total. The average Bonchev–Trinajstić information content (AvgIpc) is 2.94. The Balaban J connectivity index is 1.65. The van der Waals surface area contributed by atoms with Gasteiger partial charge in [0, 0.05) is 24.9 Å². The number of rotatable bonds is 6. The summed E-state index contributed by atoms with van der Waals surface area (Å²) in [6, 6.07) is 4.38. The van der Waals surface area contributed by atoms with Crippen molar-refractivity contribution in [1.82, 2.24) is 10.2 Å². The van der Waals surface area contributed by atoms with E-state index in [2.05, 4.69) is 10.8 Å². The van der Waals surface area contributed by atoms with Gasteiger partial charge < -0.3 is 9.74 Å². The van der Waals surface area contributed by atoms with E-state index in [0.29, 0.717) is 24.1 Å². The van der Waals surface area contributed by atoms with Crippen molar-refractivity contribution in [3.63, 3.8) is 0 Å². The zero-order chi connectivity index (χ0) is 18.7. The molecule has 1 unspecified atom stereocenters. The highest BCUT2D eigenvalue weighted by Crippen LogP contribution is 2.29. The van der Waals surface area contributed by atoms with Crippen LogP contribution in [0.25, 0.3) is 0 Å². The Bertz CT molecular complexity index is 761. The lowest BCUT2D eigenvalue weighted by atomic mass is 10.0. The Morgan fingerprint density at radius 1 is 1.35 bits per heavy atom. The number of imide groups is 1. The largest absolute Gasteiger partial charge is 0.343 e. The van der Waals surface area contributed by atoms with E-state index in [1.54, 1.807) is 18.2 Å². The number of unbranched alkanes of at least 4 members (excludes halogenated alkanes) is 1. The van der Waals surface area contributed by atoms with Crippen molar-refractivity contribution in [3.05, 3.63) is 29.3 Å². The molecular weight excluding hydrogens is 338 g/mol. The summed E-state index contributed by atoms with van der Waals surface area (Å²) in [5.74, 6) is -1.33. The van der Waals surface area contributed by atoms with Gasteiger partial charge in [0.1, 0.15) is 6.04 Å². The molecule has 1 fully saturated rings. The molecule has 2 heterocycles. The fourth-order valence-electron chi connectivity index (χ4n) is 3.13. The second-order valence-electron chi connectivity index (χ2n) is 6.45. The molecule has 3 amide bonds. The minimum Gasteiger partial charge on any atom is -0.343 e. The first-order valence-corrected chi connectivity index (χ1v) is 8.73. The molecule has 0 saturated carbocycles. The minimum absolute atomic E-state index is 0.219. The Morgan fingerprint density at radius 3 is 2.88 bits per heavy atom. The quantitative estimate of drug-likeness (QED) is 0.589. The molecule has 1 atom stereocenters. The maximum absolute atomic E-state index is 12.6. The minimum atomic E-state index is -0.643. The lowest BCUT2D eigenvalue weighted by Crippen LogP contribution is -2.52. The molecule has 0 aromatic heterocycles. The van der Waals surface area contributed by atoms with Gasteiger partial charge in [-0.25, -0.2) is 10.3 Å². The molecule has 2 aliphatic rings. The van der Waals surface area contributed by atoms with Crippen molar-refractivity contribution in [2.45, 2.75) is 51.6 Å². The Hall–Kier alpha value is -2.90. The molecule has 1 aromatic rings. The third kappa shape index (κ3) is 3.68. The van der Waals surface area contributed by atoms with E-state index in [4.69, 9.17) is 4.84 Å². The highest BCUT2D eigenvalue weighted by molar-refractivity contribution is 6.05. The SMILES string of the molecule is CCCCC(=O)ONc1ccc2c(c1)CN(C1CCC(=O)NC1=O)C2=O. The van der Waals surface area contributed by atoms with E-state index < -0.39 is 11.9 Å². The normalized spacial score (nSPS) is 19.2. The summed E-state index contributed by atoms with van der Waals surface area (Å²) in [6.45, 7) is 2.27. The average molecular weight is 359 g/mol. The van der Waals surface area contributed by atoms with E-state index in [9.17, 15) is 19.2 Å². The van der Waals surface area contributed by atoms with Crippen molar-refractivity contribution >= 4 is 29.4 Å². The number of hydrogen-bond acceptors (Lipinski definition) is 6. The second kappa shape index (κ2) is 7.55. The summed E-state index contributed by atoms with van der Waals surface area (Å²) >= 11 is 0. The zero-order valence-electron chi connectivity index (χ0n) is 14.5. The Labute approximate surface area is 150 Å². The monoisotopic (exact) mass is 359 g/mol. The molecular formula is C18H21N3O5. The van der Waals surface area contributed by atoms with Crippen molar-refractivity contribution in [2.75, 3.05) is 5.48 Å². The molecule has 8 nitrogen and oxygen atoms in total. The van der Waals surface area contributed by atoms with Gasteiger partial charge >= 0.3 is 5.97 Å². The van der Waals surface area contributed by atoms with Gasteiger partial charge in [0.2, 0.25) is 11.8 Å². The molecule has 0 bridgehead atoms. The van der Waals surface area contributed by atoms with Gasteiger partial charge in [-0.15, -0.1) is 0 Å². The van der Waals surface area contributed by atoms with Gasteiger partial charge in [0.05, 0.1) is 5.69 Å². The topological polar surface area (TPSA) is 105 Å². The molecule has 3 rings (SSSR count). The number of carbonyl (C=O) groups is 4. The first kappa shape index (κ1) is 17.9. The molecule has 1 saturated heterocycles. The molecule has 26 heavy (non-hydrogen) atoms. The summed E-state index contributed by atoms with van der Waals surface area (Å²) in [6.07, 6.45) is 2.56. The fraction of sp³-hybridized carbons (Fsp3) is 0.444. The van der Waals surface area contributed by atoms with Crippen molar-refractivity contribution in [3.8, 4) is 0 Å². The number of hydrogen-bond donors (Lipinski definition) is 2. The van der Waals surface area contributed by atoms with Crippen LogP contribution in [-0.4, -0.2) is 34.6 Å². The Morgan fingerprint density at radius 2 is 2.15 bits per heavy atom. The van der Waals surface area contributed by atoms with Gasteiger partial charge in [-0.1, -0.05) is 13.3 Å². The lowest BCUT2D eigenvalue weighted by molar-refractivity contribution is -0.141. The van der Waals surface area contributed by atoms with Crippen LogP contribution in [0.2, 0.25) is 0 Å². The molecule has 8 heteroatoms. The maximum Gasteiger partial charge on any atom is 0.332 e. The van der Waals surface area contributed by atoms with Crippen LogP contribution in [0.5, 0.6) is 0 Å². The fourth-order valence-corrected chi connectivity index (χ4v) is 3.13. The summed E-state index contributed by atoms with van der Waals surface area (Å²) in [5, 5.41) is 2.27. The molecule has 1 aromatic carbocycles. The van der Waals surface area contributed by atoms with Gasteiger partial charge in [0.25, 0.3) is 5.91 Å². The standard InChI is InChI=1S/C18H21N3O5/c1-2-3-4-16(23)26-20-12-5-6-13-11(9-12)10-21(18(13)25)14-7-8-15(22)19-17(14)24/h5-6,9,14,20H,2-4,7-8,10H2,1H3,(H,19,22,24). The summed E-state index contributed by atoms with van der Waals surface area (Å²) in [5.41, 5.74) is 4.42. The van der Waals surface area contributed by atoms with Crippen LogP contribution in [0.1, 0.15) is 54.9 Å². The first-order chi connectivity index (χ1) is 12.5. The number of piperidine rings is 1. The van der Waals surface area contributed by atoms with Crippen LogP contribution in [0.15, 0.2) is 18.2 Å². The lowest BCUT2D eigenvalue weighted by Gasteiger charge is -2.29. The summed E-state index contributed by atoms with van der Waals surface area (Å²) < 4.78 is 0. The van der Waals surface area contributed by atoms with Crippen LogP contribution in [-0.2, 0) is 25.8 Å². The number of anilines is 1. The van der Waals surface area contributed by atoms with Crippen LogP contribution in [0.3, 0.4) is 0 Å². The van der Waals surface area contributed by atoms with Gasteiger partial charge in [-0.05, 0) is 36.6 Å². The summed E-state index contributed by atoms with van der Waals surface area (Å²) in [7, 11) is 0. The molecule has 0 aliphatic carbocycles. The van der Waals surface area contributed by atoms with Crippen molar-refractivity contribution in [2.24, 2.45) is 0 Å². The molecule has 138 valence electrons. The second-order valence-corrected chi connectivity index (χ2v) is 6.45. The van der Waals surface area contributed by atoms with Crippen LogP contribution in [0, 0.1) is 0 Å². The number of benzene rings is 1. The number of nitrogens with zero attached hydrogens (tertiary/aromatic N) is 1. The third-order valence-electron chi connectivity index (χ3n) is 4.54. The smallest absolute Gasteiger partial charge is 0.332 e. The van der Waals surface area contributed by atoms with Crippen LogP contribution >= 0.6 is 0 Å². The molecule has 0 radical (unpaired) electrons. The summed E-state index contributed by atoms with van der Waals surface area (Å²) in [4.78, 5) is 53.9. The van der Waals surface area contributed by atoms with Crippen LogP contribution in [0.4, 0.5) is 5.69 Å². The van der Waals surface area contributed by atoms with Crippen molar-refractivity contribution in [1.29, 1.82) is 0 Å². The van der Waals surface area contributed by atoms with E-state index in [1.165, 1.54) is 4.90 Å². The predicted octanol–water partition coefficient (Wildman–Crippen LogP) is 1.51. The zero-order valence-corrected chi connectivity index (χ0v) is 14.5. The number of nitrogens with one attached hydrogen (secondary N) is 2. The first-order valence-electron chi connectivity index (χ1n) is 8.73. The van der Waals surface area contributed by atoms with Crippen LogP contribution < -0.4 is 10.8 Å². The van der Waals surface area contributed by atoms with Gasteiger partial charge in [-0.3, -0.25) is 19.7 Å². The highest BCUT2D eigenvalue weighted by Gasteiger charge is 2.39. The highest BCUT2D eigenvalue weighted by atomic mass is 16.7. The van der Waals surface area contributed by atoms with Crippen molar-refractivity contribution < 1.29 is 24.0 Å². The molecule has 2 aliphatic heterocycles. The van der Waals surface area contributed by atoms with E-state index >= 15 is 0 Å². The Kier molecular flexibility index (Phi) is 5.20. The van der Waals surface area contributed by atoms with E-state index in [0.717, 1.165) is 18.4 Å². The number of carbonyl (C=O) groups excluding carboxylic acids is 4. The van der Waals surface area contributed by atoms with Gasteiger partial charge in [0.15, 0.2) is 0 Å². The number of amides is 3. The number of fused-ring (bicyclic) bond motifs is 1. The predicted molar refractivity (Wildman–Crippen MR) is 91.7 cm³/mol. The third-order valence-corrected chi connectivity index (χ3v) is 4.54. The van der Waals surface area contributed by atoms with Gasteiger partial charge in [-0.2, -0.15) is 0 Å².